The summed E-state index contributed by atoms with van der Waals surface area (Å²) in [5.41, 5.74) is 8.69. The van der Waals surface area contributed by atoms with E-state index in [0.29, 0.717) is 28.1 Å². The second kappa shape index (κ2) is 11.3. The Labute approximate surface area is 207 Å². The van der Waals surface area contributed by atoms with Crippen LogP contribution in [0.4, 0.5) is 5.69 Å². The van der Waals surface area contributed by atoms with Gasteiger partial charge in [-0.15, -0.1) is 12.4 Å². The van der Waals surface area contributed by atoms with Crippen LogP contribution in [-0.2, 0) is 27.8 Å². The minimum Gasteiger partial charge on any atom is -0.481 e. The number of esters is 1. The fourth-order valence-electron chi connectivity index (χ4n) is 3.69. The van der Waals surface area contributed by atoms with Gasteiger partial charge in [0, 0.05) is 43.0 Å². The third kappa shape index (κ3) is 5.69. The van der Waals surface area contributed by atoms with E-state index in [1.807, 2.05) is 4.57 Å². The largest absolute Gasteiger partial charge is 0.481 e. The van der Waals surface area contributed by atoms with Gasteiger partial charge in [0.15, 0.2) is 0 Å². The number of fused-ring (bicyclic) bond motifs is 1. The number of aryl methyl sites for hydroxylation is 1. The van der Waals surface area contributed by atoms with Crippen LogP contribution in [0.25, 0.3) is 22.4 Å². The third-order valence-electron chi connectivity index (χ3n) is 5.40. The van der Waals surface area contributed by atoms with E-state index >= 15 is 0 Å². The van der Waals surface area contributed by atoms with Crippen molar-refractivity contribution in [2.75, 3.05) is 26.0 Å². The molecule has 0 radical (unpaired) electrons. The first kappa shape index (κ1) is 27.1. The molecule has 0 spiro atoms. The average molecular weight is 503 g/mol. The molecule has 3 rings (SSSR count). The number of aliphatic carboxylic acids is 1. The number of hydrogen-bond donors (Lipinski definition) is 5. The van der Waals surface area contributed by atoms with E-state index in [0.717, 1.165) is 5.56 Å². The molecule has 1 amide bonds. The lowest BCUT2D eigenvalue weighted by Crippen LogP contribution is -2.28. The fourth-order valence-corrected chi connectivity index (χ4v) is 3.69. The number of nitrogens with one attached hydrogen (secondary N) is 3. The van der Waals surface area contributed by atoms with Gasteiger partial charge < -0.3 is 30.8 Å². The second-order valence-corrected chi connectivity index (χ2v) is 7.53. The smallest absolute Gasteiger partial charge is 0.307 e. The zero-order chi connectivity index (χ0) is 25.0. The summed E-state index contributed by atoms with van der Waals surface area (Å²) in [5, 5.41) is 22.7. The molecule has 0 aliphatic carbocycles. The quantitative estimate of drug-likeness (QED) is 0.167. The van der Waals surface area contributed by atoms with Crippen molar-refractivity contribution in [3.63, 3.8) is 0 Å². The highest BCUT2D eigenvalue weighted by Gasteiger charge is 2.25. The number of methoxy groups -OCH3 is 1. The number of aromatic nitrogens is 2. The first-order valence-electron chi connectivity index (χ1n) is 10.4. The number of amidine groups is 1. The lowest BCUT2D eigenvalue weighted by molar-refractivity contribution is -0.140. The minimum absolute atomic E-state index is 0. The number of anilines is 1. The number of carboxylic acid groups (broad SMARTS) is 1. The highest BCUT2D eigenvalue weighted by atomic mass is 35.5. The Hall–Kier alpha value is -4.12. The fraction of sp³-hybridized carbons (Fsp3) is 0.261. The molecule has 0 aliphatic rings. The highest BCUT2D eigenvalue weighted by Crippen LogP contribution is 2.33. The molecule has 6 N–H and O–H groups in total. The van der Waals surface area contributed by atoms with Crippen LogP contribution in [0.2, 0.25) is 0 Å². The van der Waals surface area contributed by atoms with Gasteiger partial charge >= 0.3 is 11.9 Å². The summed E-state index contributed by atoms with van der Waals surface area (Å²) in [6, 6.07) is 8.68. The predicted molar refractivity (Wildman–Crippen MR) is 134 cm³/mol. The highest BCUT2D eigenvalue weighted by molar-refractivity contribution is 6.07. The van der Waals surface area contributed by atoms with Gasteiger partial charge in [-0.05, 0) is 6.07 Å². The predicted octanol–water partition coefficient (Wildman–Crippen LogP) is 1.91. The van der Waals surface area contributed by atoms with E-state index in [4.69, 9.17) is 11.1 Å². The van der Waals surface area contributed by atoms with Crippen LogP contribution in [0.1, 0.15) is 27.9 Å². The van der Waals surface area contributed by atoms with Gasteiger partial charge in [-0.25, -0.2) is 4.98 Å². The number of nitrogen functional groups attached to an aromatic ring is 1. The van der Waals surface area contributed by atoms with Crippen molar-refractivity contribution in [1.29, 1.82) is 5.41 Å². The molecule has 1 aromatic heterocycles. The van der Waals surface area contributed by atoms with Gasteiger partial charge in [-0.1, -0.05) is 24.3 Å². The summed E-state index contributed by atoms with van der Waals surface area (Å²) in [6.07, 6.45) is -0.441. The number of nitrogens with two attached hydrogens (primary N) is 1. The zero-order valence-electron chi connectivity index (χ0n) is 19.5. The van der Waals surface area contributed by atoms with Crippen LogP contribution in [-0.4, -0.2) is 59.0 Å². The monoisotopic (exact) mass is 502 g/mol. The maximum Gasteiger partial charge on any atom is 0.307 e. The second-order valence-electron chi connectivity index (χ2n) is 7.53. The molecule has 11 nitrogen and oxygen atoms in total. The van der Waals surface area contributed by atoms with Gasteiger partial charge in [0.2, 0.25) is 0 Å². The van der Waals surface area contributed by atoms with Crippen molar-refractivity contribution in [2.24, 2.45) is 12.8 Å². The van der Waals surface area contributed by atoms with Crippen molar-refractivity contribution in [2.45, 2.75) is 12.8 Å². The molecule has 0 atom stereocenters. The van der Waals surface area contributed by atoms with Crippen LogP contribution in [0.5, 0.6) is 0 Å². The maximum absolute atomic E-state index is 13.0. The molecule has 0 bridgehead atoms. The number of ether oxygens (including phenoxy) is 1. The molecular formula is C23H27ClN6O5. The normalized spacial score (nSPS) is 10.4. The van der Waals surface area contributed by atoms with Gasteiger partial charge in [-0.3, -0.25) is 19.8 Å². The van der Waals surface area contributed by atoms with Crippen molar-refractivity contribution in [3.05, 3.63) is 47.0 Å². The van der Waals surface area contributed by atoms with Gasteiger partial charge in [0.05, 0.1) is 36.5 Å². The standard InChI is InChI=1S/C23H26N6O5.ClH/c1-26-15-11-16-20(28-22(29(16)2)13-6-4-12(5-7-13)21(24)25)14(10-17(30)31)19(15)23(33)27-9-8-18(32)34-3;/h4-7,11,26H,8-10H2,1-3H3,(H3,24,25)(H,27,33)(H,30,31);1H. The summed E-state index contributed by atoms with van der Waals surface area (Å²) >= 11 is 0. The summed E-state index contributed by atoms with van der Waals surface area (Å²) < 4.78 is 6.39. The molecule has 0 unspecified atom stereocenters. The Morgan fingerprint density at radius 3 is 2.43 bits per heavy atom. The number of imidazole rings is 1. The number of benzene rings is 2. The Bertz CT molecular complexity index is 1290. The number of hydrogen-bond acceptors (Lipinski definition) is 7. The number of rotatable bonds is 9. The van der Waals surface area contributed by atoms with Crippen LogP contribution >= 0.6 is 12.4 Å². The molecule has 1 heterocycles. The van der Waals surface area contributed by atoms with E-state index in [1.165, 1.54) is 7.11 Å². The zero-order valence-corrected chi connectivity index (χ0v) is 20.3. The van der Waals surface area contributed by atoms with Gasteiger partial charge in [0.25, 0.3) is 5.91 Å². The number of carboxylic acids is 1. The number of halogens is 1. The molecule has 2 aromatic carbocycles. The third-order valence-corrected chi connectivity index (χ3v) is 5.40. The molecule has 186 valence electrons. The molecule has 0 saturated heterocycles. The minimum atomic E-state index is -1.11. The molecular weight excluding hydrogens is 476 g/mol. The summed E-state index contributed by atoms with van der Waals surface area (Å²) in [7, 11) is 4.69. The SMILES string of the molecule is CNc1cc2c(nc(-c3ccc(C(=N)N)cc3)n2C)c(CC(=O)O)c1C(=O)NCCC(=O)OC.Cl. The van der Waals surface area contributed by atoms with Crippen LogP contribution < -0.4 is 16.4 Å². The van der Waals surface area contributed by atoms with E-state index < -0.39 is 24.3 Å². The summed E-state index contributed by atoms with van der Waals surface area (Å²) in [4.78, 5) is 40.8. The average Bonchev–Trinajstić information content (AvgIpc) is 3.14. The Balaban J connectivity index is 0.00000432. The summed E-state index contributed by atoms with van der Waals surface area (Å²) in [5.74, 6) is -1.61. The van der Waals surface area contributed by atoms with Crippen molar-refractivity contribution >= 4 is 52.8 Å². The first-order valence-corrected chi connectivity index (χ1v) is 10.4. The van der Waals surface area contributed by atoms with Crippen molar-refractivity contribution in [1.82, 2.24) is 14.9 Å². The molecule has 0 saturated carbocycles. The molecule has 12 heteroatoms. The Morgan fingerprint density at radius 1 is 1.23 bits per heavy atom. The lowest BCUT2D eigenvalue weighted by atomic mass is 9.99. The number of carbonyl (C=O) groups excluding carboxylic acids is 2. The molecule has 3 aromatic rings. The van der Waals surface area contributed by atoms with E-state index in [-0.39, 0.29) is 42.3 Å². The van der Waals surface area contributed by atoms with E-state index in [2.05, 4.69) is 20.4 Å². The lowest BCUT2D eigenvalue weighted by Gasteiger charge is -2.15. The number of carbonyl (C=O) groups is 3. The van der Waals surface area contributed by atoms with E-state index in [1.54, 1.807) is 44.4 Å². The van der Waals surface area contributed by atoms with Gasteiger partial charge in [-0.2, -0.15) is 0 Å². The Morgan fingerprint density at radius 2 is 1.89 bits per heavy atom. The number of nitrogens with zero attached hydrogens (tertiary/aromatic N) is 2. The molecule has 35 heavy (non-hydrogen) atoms. The van der Waals surface area contributed by atoms with Crippen LogP contribution in [0, 0.1) is 5.41 Å². The Kier molecular flexibility index (Phi) is 8.79. The van der Waals surface area contributed by atoms with Crippen molar-refractivity contribution in [3.8, 4) is 11.4 Å². The van der Waals surface area contributed by atoms with Crippen LogP contribution in [0.15, 0.2) is 30.3 Å². The van der Waals surface area contributed by atoms with E-state index in [9.17, 15) is 19.5 Å². The maximum atomic E-state index is 13.0. The van der Waals surface area contributed by atoms with Crippen LogP contribution in [0.3, 0.4) is 0 Å². The topological polar surface area (TPSA) is 172 Å². The van der Waals surface area contributed by atoms with Gasteiger partial charge in [0.1, 0.15) is 11.7 Å². The first-order chi connectivity index (χ1) is 16.2. The summed E-state index contributed by atoms with van der Waals surface area (Å²) in [6.45, 7) is 0.0369. The molecule has 0 fully saturated rings. The molecule has 0 aliphatic heterocycles. The number of amides is 1. The van der Waals surface area contributed by atoms with Crippen molar-refractivity contribution < 1.29 is 24.2 Å².